The van der Waals surface area contributed by atoms with Gasteiger partial charge in [0.15, 0.2) is 0 Å². The molecule has 146 valence electrons. The van der Waals surface area contributed by atoms with Crippen LogP contribution in [0.5, 0.6) is 5.75 Å². The van der Waals surface area contributed by atoms with E-state index in [0.717, 1.165) is 30.5 Å². The molecule has 2 aromatic rings. The Bertz CT molecular complexity index is 850. The largest absolute Gasteiger partial charge is 0.492 e. The number of nitrogens with zero attached hydrogens (tertiary/aromatic N) is 3. The number of piperidine rings is 1. The van der Waals surface area contributed by atoms with Gasteiger partial charge in [-0.15, -0.1) is 0 Å². The van der Waals surface area contributed by atoms with Gasteiger partial charge in [0.25, 0.3) is 0 Å². The summed E-state index contributed by atoms with van der Waals surface area (Å²) in [4.78, 5) is 18.3. The summed E-state index contributed by atoms with van der Waals surface area (Å²) in [7, 11) is -3.12. The molecule has 1 atom stereocenters. The highest BCUT2D eigenvalue weighted by Crippen LogP contribution is 2.21. The van der Waals surface area contributed by atoms with Crippen LogP contribution in [0.25, 0.3) is 11.4 Å². The minimum atomic E-state index is -3.12. The summed E-state index contributed by atoms with van der Waals surface area (Å²) in [6.07, 6.45) is 6.43. The summed E-state index contributed by atoms with van der Waals surface area (Å²) in [6, 6.07) is 5.58. The van der Waals surface area contributed by atoms with Gasteiger partial charge in [0.05, 0.1) is 29.9 Å². The van der Waals surface area contributed by atoms with Crippen LogP contribution in [0, 0.1) is 5.92 Å². The lowest BCUT2D eigenvalue weighted by molar-refractivity contribution is -0.132. The molecule has 1 N–H and O–H groups in total. The number of aromatic amines is 1. The number of nitrogens with one attached hydrogen (secondary N) is 1. The molecule has 0 unspecified atom stereocenters. The number of rotatable bonds is 7. The van der Waals surface area contributed by atoms with Gasteiger partial charge in [-0.3, -0.25) is 14.9 Å². The summed E-state index contributed by atoms with van der Waals surface area (Å²) >= 11 is 0. The Kier molecular flexibility index (Phi) is 6.10. The van der Waals surface area contributed by atoms with Crippen molar-refractivity contribution in [3.05, 3.63) is 30.6 Å². The highest BCUT2D eigenvalue weighted by molar-refractivity contribution is 7.90. The number of carbonyl (C=O) groups is 1. The minimum Gasteiger partial charge on any atom is -0.492 e. The predicted molar refractivity (Wildman–Crippen MR) is 101 cm³/mol. The van der Waals surface area contributed by atoms with Crippen molar-refractivity contribution in [3.8, 4) is 17.1 Å². The Morgan fingerprint density at radius 1 is 1.37 bits per heavy atom. The lowest BCUT2D eigenvalue weighted by atomic mass is 9.99. The van der Waals surface area contributed by atoms with Crippen molar-refractivity contribution < 1.29 is 17.9 Å². The average Bonchev–Trinajstić information content (AvgIpc) is 3.19. The van der Waals surface area contributed by atoms with Gasteiger partial charge in [-0.25, -0.2) is 8.42 Å². The Morgan fingerprint density at radius 3 is 2.89 bits per heavy atom. The maximum atomic E-state index is 12.2. The van der Waals surface area contributed by atoms with E-state index in [1.165, 1.54) is 0 Å². The first kappa shape index (κ1) is 19.3. The number of hydrogen-bond acceptors (Lipinski definition) is 6. The highest BCUT2D eigenvalue weighted by atomic mass is 32.2. The summed E-state index contributed by atoms with van der Waals surface area (Å²) in [5.74, 6) is 0.709. The summed E-state index contributed by atoms with van der Waals surface area (Å²) in [5, 5.41) is 6.77. The molecule has 0 saturated carbocycles. The molecule has 3 rings (SSSR count). The monoisotopic (exact) mass is 392 g/mol. The number of amides is 1. The first-order valence-corrected chi connectivity index (χ1v) is 11.0. The second kappa shape index (κ2) is 8.51. The Balaban J connectivity index is 1.48. The Hall–Kier alpha value is -2.42. The van der Waals surface area contributed by atoms with E-state index in [2.05, 4.69) is 15.2 Å². The number of likely N-dealkylation sites (tertiary alicyclic amines) is 1. The average molecular weight is 392 g/mol. The van der Waals surface area contributed by atoms with E-state index in [9.17, 15) is 13.2 Å². The van der Waals surface area contributed by atoms with Gasteiger partial charge in [0.1, 0.15) is 15.6 Å². The van der Waals surface area contributed by atoms with Gasteiger partial charge in [0, 0.05) is 37.9 Å². The van der Waals surface area contributed by atoms with Crippen molar-refractivity contribution in [2.75, 3.05) is 31.7 Å². The molecule has 1 fully saturated rings. The molecule has 0 radical (unpaired) electrons. The number of pyridine rings is 1. The molecule has 1 amide bonds. The second-order valence-electron chi connectivity index (χ2n) is 6.89. The van der Waals surface area contributed by atoms with Crippen LogP contribution in [0.15, 0.2) is 30.6 Å². The number of carbonyl (C=O) groups excluding carboxylic acids is 1. The van der Waals surface area contributed by atoms with E-state index in [1.54, 1.807) is 17.3 Å². The van der Waals surface area contributed by atoms with E-state index >= 15 is 0 Å². The molecule has 2 aromatic heterocycles. The van der Waals surface area contributed by atoms with Crippen molar-refractivity contribution in [2.24, 2.45) is 5.92 Å². The predicted octanol–water partition coefficient (Wildman–Crippen LogP) is 1.52. The molecule has 1 saturated heterocycles. The summed E-state index contributed by atoms with van der Waals surface area (Å²) in [5.41, 5.74) is 1.64. The zero-order chi connectivity index (χ0) is 19.3. The molecule has 27 heavy (non-hydrogen) atoms. The highest BCUT2D eigenvalue weighted by Gasteiger charge is 2.24. The third kappa shape index (κ3) is 5.78. The lowest BCUT2D eigenvalue weighted by Crippen LogP contribution is -2.42. The van der Waals surface area contributed by atoms with Gasteiger partial charge in [0.2, 0.25) is 5.91 Å². The van der Waals surface area contributed by atoms with Crippen molar-refractivity contribution in [2.45, 2.75) is 19.3 Å². The van der Waals surface area contributed by atoms with Gasteiger partial charge >= 0.3 is 0 Å². The third-order valence-corrected chi connectivity index (χ3v) is 5.50. The zero-order valence-electron chi connectivity index (χ0n) is 15.3. The van der Waals surface area contributed by atoms with E-state index in [-0.39, 0.29) is 24.0 Å². The second-order valence-corrected chi connectivity index (χ2v) is 9.15. The molecule has 1 aliphatic rings. The molecule has 0 aliphatic carbocycles. The zero-order valence-corrected chi connectivity index (χ0v) is 16.1. The van der Waals surface area contributed by atoms with Crippen LogP contribution in [0.3, 0.4) is 0 Å². The SMILES string of the molecule is CS(=O)(=O)CCC(=O)N1CCC[C@@H](COc2ccc(-c3ccn[nH]3)nc2)C1. The van der Waals surface area contributed by atoms with Gasteiger partial charge in [-0.1, -0.05) is 0 Å². The van der Waals surface area contributed by atoms with Crippen molar-refractivity contribution in [1.82, 2.24) is 20.1 Å². The fourth-order valence-electron chi connectivity index (χ4n) is 3.10. The van der Waals surface area contributed by atoms with Crippen LogP contribution in [-0.2, 0) is 14.6 Å². The fourth-order valence-corrected chi connectivity index (χ4v) is 3.64. The maximum Gasteiger partial charge on any atom is 0.223 e. The van der Waals surface area contributed by atoms with E-state index < -0.39 is 9.84 Å². The summed E-state index contributed by atoms with van der Waals surface area (Å²) in [6.45, 7) is 1.78. The van der Waals surface area contributed by atoms with Crippen LogP contribution in [-0.4, -0.2) is 66.1 Å². The number of aromatic nitrogens is 3. The standard InChI is InChI=1S/C18H24N4O4S/c1-27(24,25)10-7-18(23)22-9-2-3-14(12-22)13-26-15-4-5-16(19-11-15)17-6-8-20-21-17/h4-6,8,11,14H,2-3,7,9-10,12-13H2,1H3,(H,20,21)/t14-/m1/s1. The van der Waals surface area contributed by atoms with Crippen molar-refractivity contribution in [3.63, 3.8) is 0 Å². The van der Waals surface area contributed by atoms with Crippen LogP contribution in [0.1, 0.15) is 19.3 Å². The Labute approximate surface area is 158 Å². The number of hydrogen-bond donors (Lipinski definition) is 1. The smallest absolute Gasteiger partial charge is 0.223 e. The van der Waals surface area contributed by atoms with Crippen molar-refractivity contribution in [1.29, 1.82) is 0 Å². The molecule has 0 bridgehead atoms. The van der Waals surface area contributed by atoms with E-state index in [1.807, 2.05) is 18.2 Å². The normalized spacial score (nSPS) is 17.7. The Morgan fingerprint density at radius 2 is 2.22 bits per heavy atom. The third-order valence-electron chi connectivity index (χ3n) is 4.56. The molecule has 3 heterocycles. The molecule has 9 heteroatoms. The first-order valence-electron chi connectivity index (χ1n) is 8.95. The van der Waals surface area contributed by atoms with E-state index in [4.69, 9.17) is 4.74 Å². The van der Waals surface area contributed by atoms with Crippen LogP contribution >= 0.6 is 0 Å². The van der Waals surface area contributed by atoms with Gasteiger partial charge in [-0.2, -0.15) is 5.10 Å². The lowest BCUT2D eigenvalue weighted by Gasteiger charge is -2.32. The molecule has 0 aromatic carbocycles. The van der Waals surface area contributed by atoms with Crippen LogP contribution < -0.4 is 4.74 Å². The van der Waals surface area contributed by atoms with Crippen LogP contribution in [0.4, 0.5) is 0 Å². The first-order chi connectivity index (χ1) is 12.9. The van der Waals surface area contributed by atoms with Gasteiger partial charge in [-0.05, 0) is 31.0 Å². The fraction of sp³-hybridized carbons (Fsp3) is 0.500. The van der Waals surface area contributed by atoms with Gasteiger partial charge < -0.3 is 9.64 Å². The van der Waals surface area contributed by atoms with E-state index in [0.29, 0.717) is 25.4 Å². The quantitative estimate of drug-likeness (QED) is 0.766. The van der Waals surface area contributed by atoms with Crippen molar-refractivity contribution >= 4 is 15.7 Å². The minimum absolute atomic E-state index is 0.0470. The number of sulfone groups is 1. The molecular weight excluding hydrogens is 368 g/mol. The molecule has 1 aliphatic heterocycles. The molecule has 8 nitrogen and oxygen atoms in total. The number of H-pyrrole nitrogens is 1. The maximum absolute atomic E-state index is 12.2. The molecule has 0 spiro atoms. The topological polar surface area (TPSA) is 105 Å². The molecular formula is C18H24N4O4S. The van der Waals surface area contributed by atoms with Crippen LogP contribution in [0.2, 0.25) is 0 Å². The summed E-state index contributed by atoms with van der Waals surface area (Å²) < 4.78 is 28.3. The number of ether oxygens (including phenoxy) is 1.